The quantitative estimate of drug-likeness (QED) is 0.594. The fraction of sp³-hybridized carbons (Fsp3) is 0.318. The van der Waals surface area contributed by atoms with Crippen LogP contribution in [0.2, 0.25) is 0 Å². The minimum Gasteiger partial charge on any atom is -0.497 e. The maximum atomic E-state index is 10.2. The lowest BCUT2D eigenvalue weighted by atomic mass is 10.1. The summed E-state index contributed by atoms with van der Waals surface area (Å²) in [6.45, 7) is 4.78. The van der Waals surface area contributed by atoms with Crippen LogP contribution in [-0.4, -0.2) is 42.5 Å². The summed E-state index contributed by atoms with van der Waals surface area (Å²) in [4.78, 5) is 4.77. The molecule has 0 aliphatic carbocycles. The first-order valence-corrected chi connectivity index (χ1v) is 9.15. The third-order valence-electron chi connectivity index (χ3n) is 4.24. The number of methoxy groups -OCH3 is 1. The van der Waals surface area contributed by atoms with E-state index in [9.17, 15) is 5.11 Å². The highest BCUT2D eigenvalue weighted by atomic mass is 35.5. The topological polar surface area (TPSA) is 63.6 Å². The van der Waals surface area contributed by atoms with Gasteiger partial charge >= 0.3 is 0 Å². The number of aromatic nitrogens is 1. The molecule has 28 heavy (non-hydrogen) atoms. The summed E-state index contributed by atoms with van der Waals surface area (Å²) in [6.07, 6.45) is -0.589. The third kappa shape index (κ3) is 5.58. The lowest BCUT2D eigenvalue weighted by molar-refractivity contribution is 0.105. The molecule has 0 saturated carbocycles. The molecule has 0 saturated heterocycles. The van der Waals surface area contributed by atoms with Crippen molar-refractivity contribution in [3.8, 4) is 22.8 Å². The molecule has 1 heterocycles. The summed E-state index contributed by atoms with van der Waals surface area (Å²) in [7, 11) is 1.64. The zero-order valence-corrected chi connectivity index (χ0v) is 17.2. The number of nitrogens with zero attached hydrogens (tertiary/aromatic N) is 1. The number of halogens is 1. The molecule has 0 aliphatic rings. The van der Waals surface area contributed by atoms with Crippen molar-refractivity contribution in [3.05, 3.63) is 54.6 Å². The van der Waals surface area contributed by atoms with Crippen LogP contribution in [0.1, 0.15) is 13.8 Å². The molecule has 0 aliphatic heterocycles. The monoisotopic (exact) mass is 402 g/mol. The average molecular weight is 403 g/mol. The van der Waals surface area contributed by atoms with Gasteiger partial charge in [0, 0.05) is 35.7 Å². The smallest absolute Gasteiger partial charge is 0.131 e. The molecular formula is C22H27ClN2O3. The molecule has 5 nitrogen and oxygen atoms in total. The summed E-state index contributed by atoms with van der Waals surface area (Å²) in [5.74, 6) is 1.44. The zero-order chi connectivity index (χ0) is 19.2. The summed E-state index contributed by atoms with van der Waals surface area (Å²) in [6, 6.07) is 17.9. The van der Waals surface area contributed by atoms with Gasteiger partial charge in [-0.1, -0.05) is 44.2 Å². The van der Waals surface area contributed by atoms with Crippen molar-refractivity contribution in [1.29, 1.82) is 0 Å². The Morgan fingerprint density at radius 1 is 1.07 bits per heavy atom. The molecule has 0 bridgehead atoms. The number of fused-ring (bicyclic) bond motifs is 1. The number of aliphatic hydroxyl groups is 1. The molecule has 1 atom stereocenters. The third-order valence-corrected chi connectivity index (χ3v) is 4.24. The highest BCUT2D eigenvalue weighted by Crippen LogP contribution is 2.32. The van der Waals surface area contributed by atoms with E-state index in [1.807, 2.05) is 68.4 Å². The Morgan fingerprint density at radius 3 is 2.50 bits per heavy atom. The van der Waals surface area contributed by atoms with Gasteiger partial charge in [0.05, 0.1) is 18.3 Å². The summed E-state index contributed by atoms with van der Waals surface area (Å²) in [5, 5.41) is 14.3. The molecule has 2 N–H and O–H groups in total. The molecule has 0 fully saturated rings. The lowest BCUT2D eigenvalue weighted by Crippen LogP contribution is -2.35. The minimum absolute atomic E-state index is 0. The van der Waals surface area contributed by atoms with Crippen LogP contribution in [0.3, 0.4) is 0 Å². The second-order valence-electron chi connectivity index (χ2n) is 6.78. The largest absolute Gasteiger partial charge is 0.497 e. The first kappa shape index (κ1) is 22.0. The summed E-state index contributed by atoms with van der Waals surface area (Å²) >= 11 is 0. The highest BCUT2D eigenvalue weighted by molar-refractivity contribution is 5.89. The second kappa shape index (κ2) is 10.3. The zero-order valence-electron chi connectivity index (χ0n) is 16.4. The van der Waals surface area contributed by atoms with E-state index in [1.165, 1.54) is 0 Å². The number of benzene rings is 2. The van der Waals surface area contributed by atoms with Gasteiger partial charge in [-0.05, 0) is 12.1 Å². The van der Waals surface area contributed by atoms with Crippen LogP contribution in [0.25, 0.3) is 22.2 Å². The van der Waals surface area contributed by atoms with Crippen LogP contribution in [-0.2, 0) is 0 Å². The van der Waals surface area contributed by atoms with Crippen LogP contribution in [0, 0.1) is 0 Å². The van der Waals surface area contributed by atoms with Crippen molar-refractivity contribution in [2.24, 2.45) is 0 Å². The van der Waals surface area contributed by atoms with Crippen LogP contribution in [0.15, 0.2) is 54.6 Å². The van der Waals surface area contributed by atoms with Crippen molar-refractivity contribution >= 4 is 23.3 Å². The predicted molar refractivity (Wildman–Crippen MR) is 116 cm³/mol. The molecule has 3 aromatic rings. The maximum Gasteiger partial charge on any atom is 0.131 e. The number of rotatable bonds is 8. The number of pyridine rings is 1. The van der Waals surface area contributed by atoms with Crippen molar-refractivity contribution in [3.63, 3.8) is 0 Å². The molecule has 0 radical (unpaired) electrons. The van der Waals surface area contributed by atoms with Gasteiger partial charge in [-0.3, -0.25) is 0 Å². The number of hydrogen-bond acceptors (Lipinski definition) is 5. The Labute approximate surface area is 172 Å². The van der Waals surface area contributed by atoms with Gasteiger partial charge in [0.25, 0.3) is 0 Å². The van der Waals surface area contributed by atoms with Gasteiger partial charge < -0.3 is 19.9 Å². The number of nitrogens with one attached hydrogen (secondary N) is 1. The Kier molecular flexibility index (Phi) is 8.05. The summed E-state index contributed by atoms with van der Waals surface area (Å²) < 4.78 is 11.3. The normalized spacial score (nSPS) is 11.9. The van der Waals surface area contributed by atoms with Crippen LogP contribution in [0.4, 0.5) is 0 Å². The van der Waals surface area contributed by atoms with E-state index < -0.39 is 6.10 Å². The van der Waals surface area contributed by atoms with E-state index in [4.69, 9.17) is 14.5 Å². The van der Waals surface area contributed by atoms with Gasteiger partial charge in [0.15, 0.2) is 0 Å². The second-order valence-corrected chi connectivity index (χ2v) is 6.78. The molecule has 0 amide bonds. The molecule has 1 aromatic heterocycles. The molecule has 0 spiro atoms. The van der Waals surface area contributed by atoms with Gasteiger partial charge in [-0.15, -0.1) is 12.4 Å². The van der Waals surface area contributed by atoms with Crippen LogP contribution < -0.4 is 14.8 Å². The molecular weight excluding hydrogens is 376 g/mol. The number of hydrogen-bond donors (Lipinski definition) is 2. The maximum absolute atomic E-state index is 10.2. The van der Waals surface area contributed by atoms with Crippen molar-refractivity contribution < 1.29 is 14.6 Å². The number of aliphatic hydroxyl groups excluding tert-OH is 1. The first-order valence-electron chi connectivity index (χ1n) is 9.15. The van der Waals surface area contributed by atoms with E-state index in [2.05, 4.69) is 5.32 Å². The number of ether oxygens (including phenoxy) is 2. The fourth-order valence-corrected chi connectivity index (χ4v) is 2.80. The van der Waals surface area contributed by atoms with E-state index in [0.717, 1.165) is 27.9 Å². The SMILES string of the molecule is COc1ccc2c(OC[C@@H](O)CNC(C)C)cc(-c3ccccc3)nc2c1.Cl. The van der Waals surface area contributed by atoms with Crippen molar-refractivity contribution in [2.75, 3.05) is 20.3 Å². The standard InChI is InChI=1S/C22H26N2O3.ClH/c1-15(2)23-13-17(25)14-27-22-12-20(16-7-5-4-6-8-16)24-21-11-18(26-3)9-10-19(21)22;/h4-12,15,17,23,25H,13-14H2,1-3H3;1H/t17-;/m0./s1. The van der Waals surface area contributed by atoms with Crippen LogP contribution in [0.5, 0.6) is 11.5 Å². The first-order chi connectivity index (χ1) is 13.1. The fourth-order valence-electron chi connectivity index (χ4n) is 2.80. The van der Waals surface area contributed by atoms with E-state index in [-0.39, 0.29) is 19.0 Å². The predicted octanol–water partition coefficient (Wildman–Crippen LogP) is 4.07. The summed E-state index contributed by atoms with van der Waals surface area (Å²) in [5.41, 5.74) is 2.62. The highest BCUT2D eigenvalue weighted by Gasteiger charge is 2.12. The van der Waals surface area contributed by atoms with Gasteiger partial charge in [-0.2, -0.15) is 0 Å². The minimum atomic E-state index is -0.589. The molecule has 150 valence electrons. The molecule has 2 aromatic carbocycles. The van der Waals surface area contributed by atoms with E-state index in [1.54, 1.807) is 7.11 Å². The average Bonchev–Trinajstić information content (AvgIpc) is 2.70. The Bertz CT molecular complexity index is 888. The Balaban J connectivity index is 0.00000280. The van der Waals surface area contributed by atoms with Crippen molar-refractivity contribution in [2.45, 2.75) is 26.0 Å². The van der Waals surface area contributed by atoms with Gasteiger partial charge in [-0.25, -0.2) is 4.98 Å². The lowest BCUT2D eigenvalue weighted by Gasteiger charge is -2.17. The molecule has 6 heteroatoms. The van der Waals surface area contributed by atoms with Gasteiger partial charge in [0.1, 0.15) is 24.2 Å². The van der Waals surface area contributed by atoms with E-state index in [0.29, 0.717) is 18.3 Å². The van der Waals surface area contributed by atoms with E-state index >= 15 is 0 Å². The van der Waals surface area contributed by atoms with Crippen molar-refractivity contribution in [1.82, 2.24) is 10.3 Å². The van der Waals surface area contributed by atoms with Gasteiger partial charge in [0.2, 0.25) is 0 Å². The van der Waals surface area contributed by atoms with Crippen LogP contribution >= 0.6 is 12.4 Å². The Morgan fingerprint density at radius 2 is 1.82 bits per heavy atom. The molecule has 0 unspecified atom stereocenters. The molecule has 3 rings (SSSR count). The Hall–Kier alpha value is -2.34.